The highest BCUT2D eigenvalue weighted by Gasteiger charge is 2.25. The maximum absolute atomic E-state index is 12.6. The molecular formula is C16H23N3O2S. The van der Waals surface area contributed by atoms with Gasteiger partial charge >= 0.3 is 0 Å². The van der Waals surface area contributed by atoms with E-state index < -0.39 is 15.6 Å². The molecule has 0 amide bonds. The monoisotopic (exact) mass is 321 g/mol. The molecule has 0 unspecified atom stereocenters. The van der Waals surface area contributed by atoms with Crippen molar-refractivity contribution in [1.82, 2.24) is 9.71 Å². The van der Waals surface area contributed by atoms with Gasteiger partial charge in [-0.25, -0.2) is 13.1 Å². The van der Waals surface area contributed by atoms with Crippen molar-refractivity contribution in [2.75, 3.05) is 6.54 Å². The molecule has 0 aliphatic carbocycles. The van der Waals surface area contributed by atoms with Crippen LogP contribution in [0.1, 0.15) is 32.3 Å². The maximum atomic E-state index is 12.6. The van der Waals surface area contributed by atoms with E-state index in [0.29, 0.717) is 23.7 Å². The first-order valence-electron chi connectivity index (χ1n) is 7.46. The first kappa shape index (κ1) is 16.9. The van der Waals surface area contributed by atoms with E-state index >= 15 is 0 Å². The number of sulfonamides is 1. The molecule has 0 atom stereocenters. The van der Waals surface area contributed by atoms with Gasteiger partial charge in [0.25, 0.3) is 0 Å². The lowest BCUT2D eigenvalue weighted by molar-refractivity contribution is 0.392. The van der Waals surface area contributed by atoms with Crippen LogP contribution in [0.3, 0.4) is 0 Å². The SMILES string of the molecule is CCC(N)(CC)CNS(=O)(=O)c1ccc(C)c2ncccc12. The van der Waals surface area contributed by atoms with Crippen LogP contribution in [0.25, 0.3) is 10.9 Å². The van der Waals surface area contributed by atoms with Crippen LogP contribution in [-0.2, 0) is 10.0 Å². The van der Waals surface area contributed by atoms with Crippen molar-refractivity contribution in [2.45, 2.75) is 44.0 Å². The van der Waals surface area contributed by atoms with Crippen LogP contribution >= 0.6 is 0 Å². The van der Waals surface area contributed by atoms with Crippen LogP contribution in [0.15, 0.2) is 35.4 Å². The molecule has 2 aromatic rings. The summed E-state index contributed by atoms with van der Waals surface area (Å²) < 4.78 is 27.9. The number of nitrogens with two attached hydrogens (primary N) is 1. The molecule has 2 rings (SSSR count). The summed E-state index contributed by atoms with van der Waals surface area (Å²) in [5.74, 6) is 0. The van der Waals surface area contributed by atoms with E-state index in [9.17, 15) is 8.42 Å². The minimum atomic E-state index is -3.63. The third-order valence-corrected chi connectivity index (χ3v) is 5.70. The van der Waals surface area contributed by atoms with Crippen molar-refractivity contribution in [3.05, 3.63) is 36.0 Å². The first-order valence-corrected chi connectivity index (χ1v) is 8.94. The molecule has 22 heavy (non-hydrogen) atoms. The molecule has 1 aromatic carbocycles. The lowest BCUT2D eigenvalue weighted by Gasteiger charge is -2.26. The normalized spacial score (nSPS) is 12.7. The number of benzene rings is 1. The Hall–Kier alpha value is -1.50. The minimum absolute atomic E-state index is 0.220. The van der Waals surface area contributed by atoms with Crippen molar-refractivity contribution in [3.63, 3.8) is 0 Å². The highest BCUT2D eigenvalue weighted by molar-refractivity contribution is 7.89. The van der Waals surface area contributed by atoms with Crippen LogP contribution in [0.5, 0.6) is 0 Å². The Morgan fingerprint density at radius 1 is 1.23 bits per heavy atom. The van der Waals surface area contributed by atoms with Crippen LogP contribution < -0.4 is 10.5 Å². The van der Waals surface area contributed by atoms with E-state index in [1.165, 1.54) is 0 Å². The lowest BCUT2D eigenvalue weighted by Crippen LogP contribution is -2.49. The molecule has 0 saturated heterocycles. The molecule has 0 aliphatic heterocycles. The molecule has 0 spiro atoms. The van der Waals surface area contributed by atoms with Crippen LogP contribution in [0.4, 0.5) is 0 Å². The lowest BCUT2D eigenvalue weighted by atomic mass is 9.95. The second-order valence-corrected chi connectivity index (χ2v) is 7.41. The van der Waals surface area contributed by atoms with Crippen LogP contribution in [0.2, 0.25) is 0 Å². The van der Waals surface area contributed by atoms with Crippen molar-refractivity contribution in [1.29, 1.82) is 0 Å². The number of hydrogen-bond donors (Lipinski definition) is 2. The smallest absolute Gasteiger partial charge is 0.241 e. The molecule has 1 aromatic heterocycles. The largest absolute Gasteiger partial charge is 0.324 e. The zero-order valence-electron chi connectivity index (χ0n) is 13.3. The predicted octanol–water partition coefficient (Wildman–Crippen LogP) is 2.34. The van der Waals surface area contributed by atoms with Gasteiger partial charge in [-0.05, 0) is 43.5 Å². The number of aromatic nitrogens is 1. The zero-order chi connectivity index (χ0) is 16.4. The molecule has 0 saturated carbocycles. The fraction of sp³-hybridized carbons (Fsp3) is 0.438. The van der Waals surface area contributed by atoms with Crippen LogP contribution in [-0.4, -0.2) is 25.5 Å². The predicted molar refractivity (Wildman–Crippen MR) is 89.2 cm³/mol. The number of aryl methyl sites for hydroxylation is 1. The van der Waals surface area contributed by atoms with Crippen molar-refractivity contribution in [3.8, 4) is 0 Å². The molecule has 0 radical (unpaired) electrons. The number of rotatable bonds is 6. The summed E-state index contributed by atoms with van der Waals surface area (Å²) in [5.41, 5.74) is 7.31. The quantitative estimate of drug-likeness (QED) is 0.855. The summed E-state index contributed by atoms with van der Waals surface area (Å²) >= 11 is 0. The second-order valence-electron chi connectivity index (χ2n) is 5.67. The van der Waals surface area contributed by atoms with E-state index in [4.69, 9.17) is 5.73 Å². The highest BCUT2D eigenvalue weighted by Crippen LogP contribution is 2.24. The van der Waals surface area contributed by atoms with Gasteiger partial charge in [0.1, 0.15) is 0 Å². The van der Waals surface area contributed by atoms with E-state index in [1.54, 1.807) is 30.5 Å². The molecule has 120 valence electrons. The number of fused-ring (bicyclic) bond motifs is 1. The van der Waals surface area contributed by atoms with Gasteiger partial charge in [0.15, 0.2) is 0 Å². The molecule has 5 nitrogen and oxygen atoms in total. The van der Waals surface area contributed by atoms with Gasteiger partial charge in [0.2, 0.25) is 10.0 Å². The number of nitrogens with zero attached hydrogens (tertiary/aromatic N) is 1. The maximum Gasteiger partial charge on any atom is 0.241 e. The van der Waals surface area contributed by atoms with Crippen molar-refractivity contribution in [2.24, 2.45) is 5.73 Å². The third-order valence-electron chi connectivity index (χ3n) is 4.24. The summed E-state index contributed by atoms with van der Waals surface area (Å²) in [6.07, 6.45) is 3.09. The van der Waals surface area contributed by atoms with Gasteiger partial charge in [-0.15, -0.1) is 0 Å². The standard InChI is InChI=1S/C16H23N3O2S/c1-4-16(17,5-2)11-19-22(20,21)14-9-8-12(3)15-13(14)7-6-10-18-15/h6-10,19H,4-5,11,17H2,1-3H3. The van der Waals surface area contributed by atoms with Gasteiger partial charge < -0.3 is 5.73 Å². The van der Waals surface area contributed by atoms with E-state index in [2.05, 4.69) is 9.71 Å². The van der Waals surface area contributed by atoms with Gasteiger partial charge in [-0.3, -0.25) is 4.98 Å². The minimum Gasteiger partial charge on any atom is -0.324 e. The van der Waals surface area contributed by atoms with Crippen LogP contribution in [0, 0.1) is 6.92 Å². The number of hydrogen-bond acceptors (Lipinski definition) is 4. The molecular weight excluding hydrogens is 298 g/mol. The number of nitrogens with one attached hydrogen (secondary N) is 1. The Morgan fingerprint density at radius 2 is 1.91 bits per heavy atom. The summed E-state index contributed by atoms with van der Waals surface area (Å²) in [5, 5.41) is 0.630. The average molecular weight is 321 g/mol. The zero-order valence-corrected chi connectivity index (χ0v) is 14.1. The van der Waals surface area contributed by atoms with Crippen molar-refractivity contribution >= 4 is 20.9 Å². The Balaban J connectivity index is 2.41. The van der Waals surface area contributed by atoms with E-state index in [-0.39, 0.29) is 11.4 Å². The molecule has 0 aliphatic rings. The van der Waals surface area contributed by atoms with Gasteiger partial charge in [0.05, 0.1) is 10.4 Å². The summed E-state index contributed by atoms with van der Waals surface area (Å²) in [7, 11) is -3.63. The van der Waals surface area contributed by atoms with Gasteiger partial charge in [-0.2, -0.15) is 0 Å². The Bertz CT molecular complexity index is 768. The van der Waals surface area contributed by atoms with E-state index in [0.717, 1.165) is 5.56 Å². The topological polar surface area (TPSA) is 85.1 Å². The second kappa shape index (κ2) is 6.32. The van der Waals surface area contributed by atoms with Crippen molar-refractivity contribution < 1.29 is 8.42 Å². The molecule has 3 N–H and O–H groups in total. The third kappa shape index (κ3) is 3.29. The van der Waals surface area contributed by atoms with E-state index in [1.807, 2.05) is 20.8 Å². The first-order chi connectivity index (χ1) is 10.3. The molecule has 0 bridgehead atoms. The van der Waals surface area contributed by atoms with Gasteiger partial charge in [-0.1, -0.05) is 19.9 Å². The summed E-state index contributed by atoms with van der Waals surface area (Å²) in [4.78, 5) is 4.53. The molecule has 6 heteroatoms. The summed E-state index contributed by atoms with van der Waals surface area (Å²) in [6, 6.07) is 6.92. The highest BCUT2D eigenvalue weighted by atomic mass is 32.2. The Labute approximate surface area is 132 Å². The fourth-order valence-corrected chi connectivity index (χ4v) is 3.67. The van der Waals surface area contributed by atoms with Gasteiger partial charge in [0, 0.05) is 23.7 Å². The Morgan fingerprint density at radius 3 is 2.55 bits per heavy atom. The number of pyridine rings is 1. The fourth-order valence-electron chi connectivity index (χ4n) is 2.34. The molecule has 0 fully saturated rings. The Kier molecular flexibility index (Phi) is 4.84. The molecule has 1 heterocycles. The summed E-state index contributed by atoms with van der Waals surface area (Å²) in [6.45, 7) is 6.06. The average Bonchev–Trinajstić information content (AvgIpc) is 2.53.